The van der Waals surface area contributed by atoms with Gasteiger partial charge in [0.2, 0.25) is 0 Å². The van der Waals surface area contributed by atoms with Crippen LogP contribution in [0, 0.1) is 19.7 Å². The SMILES string of the molecule is Cc1[nH]c(C=C2C(=O)Nc3cccc(-c4ccc(F)c(Cl)c4)c32)c(C)c1C(=O)NCCn1ccnn1. The summed E-state index contributed by atoms with van der Waals surface area (Å²) in [4.78, 5) is 29.1. The van der Waals surface area contributed by atoms with Crippen molar-refractivity contribution in [3.05, 3.63) is 87.7 Å². The maximum Gasteiger partial charge on any atom is 0.256 e. The summed E-state index contributed by atoms with van der Waals surface area (Å²) in [5, 5.41) is 13.4. The minimum atomic E-state index is -0.512. The van der Waals surface area contributed by atoms with Gasteiger partial charge in [0, 0.05) is 35.4 Å². The molecule has 0 aliphatic carbocycles. The van der Waals surface area contributed by atoms with E-state index in [-0.39, 0.29) is 16.8 Å². The van der Waals surface area contributed by atoms with Crippen molar-refractivity contribution in [3.8, 4) is 11.1 Å². The van der Waals surface area contributed by atoms with Crippen LogP contribution in [0.2, 0.25) is 5.02 Å². The van der Waals surface area contributed by atoms with Crippen molar-refractivity contribution < 1.29 is 14.0 Å². The molecule has 2 amide bonds. The van der Waals surface area contributed by atoms with Gasteiger partial charge in [-0.15, -0.1) is 5.10 Å². The molecule has 0 bridgehead atoms. The Morgan fingerprint density at radius 3 is 2.83 bits per heavy atom. The van der Waals surface area contributed by atoms with E-state index in [1.165, 1.54) is 6.07 Å². The normalized spacial score (nSPS) is 13.7. The fourth-order valence-electron chi connectivity index (χ4n) is 4.42. The molecule has 3 N–H and O–H groups in total. The molecule has 1 aliphatic heterocycles. The number of fused-ring (bicyclic) bond motifs is 1. The van der Waals surface area contributed by atoms with Crippen molar-refractivity contribution in [3.63, 3.8) is 0 Å². The lowest BCUT2D eigenvalue weighted by Crippen LogP contribution is -2.28. The van der Waals surface area contributed by atoms with Gasteiger partial charge >= 0.3 is 0 Å². The molecule has 0 unspecified atom stereocenters. The van der Waals surface area contributed by atoms with Crippen molar-refractivity contribution in [1.82, 2.24) is 25.3 Å². The first-order valence-corrected chi connectivity index (χ1v) is 11.6. The number of hydrogen-bond acceptors (Lipinski definition) is 4. The zero-order chi connectivity index (χ0) is 25.4. The molecule has 0 spiro atoms. The van der Waals surface area contributed by atoms with Crippen LogP contribution in [0.15, 0.2) is 48.8 Å². The molecule has 0 fully saturated rings. The Balaban J connectivity index is 1.48. The zero-order valence-corrected chi connectivity index (χ0v) is 20.3. The molecular weight excluding hydrogens is 483 g/mol. The van der Waals surface area contributed by atoms with Crippen molar-refractivity contribution in [2.45, 2.75) is 20.4 Å². The summed E-state index contributed by atoms with van der Waals surface area (Å²) < 4.78 is 15.4. The van der Waals surface area contributed by atoms with E-state index in [1.54, 1.807) is 35.3 Å². The van der Waals surface area contributed by atoms with Gasteiger partial charge in [-0.05, 0) is 54.8 Å². The number of rotatable bonds is 6. The third-order valence-corrected chi connectivity index (χ3v) is 6.44. The fourth-order valence-corrected chi connectivity index (χ4v) is 4.60. The van der Waals surface area contributed by atoms with Crippen LogP contribution in [0.4, 0.5) is 10.1 Å². The van der Waals surface area contributed by atoms with Gasteiger partial charge in [-0.1, -0.05) is 35.0 Å². The van der Waals surface area contributed by atoms with E-state index in [0.29, 0.717) is 52.4 Å². The molecule has 4 aromatic rings. The monoisotopic (exact) mass is 504 g/mol. The summed E-state index contributed by atoms with van der Waals surface area (Å²) >= 11 is 6.02. The second kappa shape index (κ2) is 9.43. The molecule has 3 heterocycles. The van der Waals surface area contributed by atoms with Gasteiger partial charge in [0.1, 0.15) is 5.82 Å². The van der Waals surface area contributed by atoms with Crippen molar-refractivity contribution in [2.24, 2.45) is 0 Å². The number of anilines is 1. The maximum absolute atomic E-state index is 13.8. The van der Waals surface area contributed by atoms with Crippen molar-refractivity contribution in [2.75, 3.05) is 11.9 Å². The fraction of sp³-hybridized carbons (Fsp3) is 0.154. The number of aromatic nitrogens is 4. The average Bonchev–Trinajstić information content (AvgIpc) is 3.54. The Hall–Kier alpha value is -4.24. The lowest BCUT2D eigenvalue weighted by Gasteiger charge is -2.09. The molecule has 36 heavy (non-hydrogen) atoms. The van der Waals surface area contributed by atoms with Gasteiger partial charge in [-0.2, -0.15) is 0 Å². The number of nitrogens with one attached hydrogen (secondary N) is 3. The van der Waals surface area contributed by atoms with E-state index >= 15 is 0 Å². The summed E-state index contributed by atoms with van der Waals surface area (Å²) in [5.41, 5.74) is 5.79. The molecule has 10 heteroatoms. The molecule has 0 saturated heterocycles. The predicted octanol–water partition coefficient (Wildman–Crippen LogP) is 4.61. The van der Waals surface area contributed by atoms with Crippen LogP contribution < -0.4 is 10.6 Å². The molecule has 182 valence electrons. The van der Waals surface area contributed by atoms with E-state index in [9.17, 15) is 14.0 Å². The number of nitrogens with zero attached hydrogens (tertiary/aromatic N) is 3. The summed E-state index contributed by atoms with van der Waals surface area (Å²) in [6.07, 6.45) is 5.04. The Bertz CT molecular complexity index is 1520. The average molecular weight is 505 g/mol. The number of benzene rings is 2. The first-order valence-electron chi connectivity index (χ1n) is 11.3. The molecule has 0 saturated carbocycles. The van der Waals surface area contributed by atoms with Gasteiger partial charge in [0.15, 0.2) is 0 Å². The highest BCUT2D eigenvalue weighted by Gasteiger charge is 2.28. The highest BCUT2D eigenvalue weighted by atomic mass is 35.5. The third kappa shape index (κ3) is 4.29. The smallest absolute Gasteiger partial charge is 0.256 e. The number of aryl methyl sites for hydroxylation is 1. The first-order chi connectivity index (χ1) is 17.3. The minimum Gasteiger partial charge on any atom is -0.358 e. The lowest BCUT2D eigenvalue weighted by molar-refractivity contribution is -0.110. The van der Waals surface area contributed by atoms with Crippen LogP contribution in [0.1, 0.15) is 32.9 Å². The number of H-pyrrole nitrogens is 1. The zero-order valence-electron chi connectivity index (χ0n) is 19.5. The molecular formula is C26H22ClFN6O2. The molecule has 1 aliphatic rings. The molecule has 0 atom stereocenters. The summed E-state index contributed by atoms with van der Waals surface area (Å²) in [6, 6.07) is 9.96. The van der Waals surface area contributed by atoms with Crippen LogP contribution in [0.25, 0.3) is 22.8 Å². The van der Waals surface area contributed by atoms with Crippen LogP contribution in [-0.4, -0.2) is 38.3 Å². The number of amides is 2. The van der Waals surface area contributed by atoms with E-state index in [1.807, 2.05) is 32.0 Å². The number of aromatic amines is 1. The number of carbonyl (C=O) groups excluding carboxylic acids is 2. The summed E-state index contributed by atoms with van der Waals surface area (Å²) in [5.74, 6) is -0.998. The molecule has 5 rings (SSSR count). The van der Waals surface area contributed by atoms with E-state index in [4.69, 9.17) is 11.6 Å². The predicted molar refractivity (Wildman–Crippen MR) is 136 cm³/mol. The van der Waals surface area contributed by atoms with Crippen LogP contribution in [0.5, 0.6) is 0 Å². The molecule has 2 aromatic heterocycles. The first kappa shape index (κ1) is 23.5. The Morgan fingerprint density at radius 1 is 1.25 bits per heavy atom. The second-order valence-corrected chi connectivity index (χ2v) is 8.86. The lowest BCUT2D eigenvalue weighted by atomic mass is 9.94. The van der Waals surface area contributed by atoms with E-state index in [2.05, 4.69) is 25.9 Å². The van der Waals surface area contributed by atoms with Crippen LogP contribution in [0.3, 0.4) is 0 Å². The van der Waals surface area contributed by atoms with Crippen molar-refractivity contribution >= 4 is 40.8 Å². The van der Waals surface area contributed by atoms with Crippen LogP contribution in [-0.2, 0) is 11.3 Å². The molecule has 0 radical (unpaired) electrons. The number of hydrogen-bond donors (Lipinski definition) is 3. The standard InChI is InChI=1S/C26H22ClFN6O2/c1-14-22(31-15(2)23(14)26(36)29-8-10-34-11-9-30-33-34)13-18-24-17(4-3-5-21(24)32-25(18)35)16-6-7-20(28)19(27)12-16/h3-7,9,11-13,31H,8,10H2,1-2H3,(H,29,36)(H,32,35). The highest BCUT2D eigenvalue weighted by Crippen LogP contribution is 2.41. The van der Waals surface area contributed by atoms with Gasteiger partial charge < -0.3 is 15.6 Å². The van der Waals surface area contributed by atoms with Crippen LogP contribution >= 0.6 is 11.6 Å². The quantitative estimate of drug-likeness (QED) is 0.334. The van der Waals surface area contributed by atoms with Gasteiger partial charge in [-0.25, -0.2) is 4.39 Å². The Labute approximate surface area is 211 Å². The minimum absolute atomic E-state index is 0.00299. The van der Waals surface area contributed by atoms with Crippen molar-refractivity contribution in [1.29, 1.82) is 0 Å². The number of halogens is 2. The maximum atomic E-state index is 13.8. The van der Waals surface area contributed by atoms with E-state index in [0.717, 1.165) is 11.1 Å². The Morgan fingerprint density at radius 2 is 2.08 bits per heavy atom. The van der Waals surface area contributed by atoms with Gasteiger partial charge in [0.05, 0.1) is 28.9 Å². The van der Waals surface area contributed by atoms with Gasteiger partial charge in [0.25, 0.3) is 11.8 Å². The molecule has 8 nitrogen and oxygen atoms in total. The van der Waals surface area contributed by atoms with E-state index < -0.39 is 5.82 Å². The Kier molecular flexibility index (Phi) is 6.15. The number of carbonyl (C=O) groups is 2. The third-order valence-electron chi connectivity index (χ3n) is 6.15. The largest absolute Gasteiger partial charge is 0.358 e. The summed E-state index contributed by atoms with van der Waals surface area (Å²) in [6.45, 7) is 4.54. The molecule has 2 aromatic carbocycles. The second-order valence-electron chi connectivity index (χ2n) is 8.45. The topological polar surface area (TPSA) is 105 Å². The highest BCUT2D eigenvalue weighted by molar-refractivity contribution is 6.36. The van der Waals surface area contributed by atoms with Gasteiger partial charge in [-0.3, -0.25) is 14.3 Å². The summed E-state index contributed by atoms with van der Waals surface area (Å²) in [7, 11) is 0.